The number of ether oxygens (including phenoxy) is 4. The molecule has 0 amide bonds. The summed E-state index contributed by atoms with van der Waals surface area (Å²) in [7, 11) is 0. The first-order valence-corrected chi connectivity index (χ1v) is 11.4. The molecule has 33 heavy (non-hydrogen) atoms. The number of halogens is 5. The Labute approximate surface area is 191 Å². The zero-order valence-corrected chi connectivity index (χ0v) is 18.9. The average Bonchev–Trinajstić information content (AvgIpc) is 2.81. The van der Waals surface area contributed by atoms with Crippen molar-refractivity contribution >= 4 is 0 Å². The Balaban J connectivity index is 1.50. The lowest BCUT2D eigenvalue weighted by Crippen LogP contribution is -2.44. The van der Waals surface area contributed by atoms with E-state index in [1.165, 1.54) is 0 Å². The van der Waals surface area contributed by atoms with Crippen LogP contribution in [0.2, 0.25) is 0 Å². The predicted molar refractivity (Wildman–Crippen MR) is 112 cm³/mol. The van der Waals surface area contributed by atoms with Gasteiger partial charge in [0.15, 0.2) is 17.9 Å². The summed E-state index contributed by atoms with van der Waals surface area (Å²) >= 11 is 0. The second-order valence-corrected chi connectivity index (χ2v) is 8.46. The van der Waals surface area contributed by atoms with Gasteiger partial charge in [0.05, 0.1) is 25.4 Å². The summed E-state index contributed by atoms with van der Waals surface area (Å²) in [5.41, 5.74) is -1.22. The fourth-order valence-corrected chi connectivity index (χ4v) is 4.37. The van der Waals surface area contributed by atoms with Crippen molar-refractivity contribution in [2.75, 3.05) is 19.8 Å². The summed E-state index contributed by atoms with van der Waals surface area (Å²) in [5.74, 6) is -3.61. The molecule has 1 aromatic rings. The van der Waals surface area contributed by atoms with Gasteiger partial charge in [-0.2, -0.15) is 13.2 Å². The first kappa shape index (κ1) is 25.9. The maximum absolute atomic E-state index is 14.5. The van der Waals surface area contributed by atoms with E-state index in [9.17, 15) is 22.0 Å². The second kappa shape index (κ2) is 11.6. The number of allylic oxidation sites excluding steroid dienone is 2. The second-order valence-electron chi connectivity index (χ2n) is 8.46. The van der Waals surface area contributed by atoms with Crippen LogP contribution in [0, 0.1) is 23.5 Å². The van der Waals surface area contributed by atoms with Crippen molar-refractivity contribution in [3.63, 3.8) is 0 Å². The lowest BCUT2D eigenvalue weighted by atomic mass is 9.78. The van der Waals surface area contributed by atoms with Gasteiger partial charge in [-0.05, 0) is 64.0 Å². The zero-order chi connectivity index (χ0) is 24.0. The Morgan fingerprint density at radius 3 is 2.36 bits per heavy atom. The summed E-state index contributed by atoms with van der Waals surface area (Å²) in [4.78, 5) is 0. The standard InChI is InChI=1S/C24H31F5O4/c1-3-5-6-19(25)15-7-9-16(10-8-15)23-31-13-17(14-32-23)33-24(28,29)18-11-12-20(30-4-2)22(27)21(18)26/h3,5,11-12,15-17,19,23H,4,6-10,13-14H2,1-2H3. The van der Waals surface area contributed by atoms with E-state index in [2.05, 4.69) is 0 Å². The first-order valence-electron chi connectivity index (χ1n) is 11.4. The molecule has 1 saturated heterocycles. The van der Waals surface area contributed by atoms with Gasteiger partial charge >= 0.3 is 6.11 Å². The molecule has 0 radical (unpaired) electrons. The molecular formula is C24H31F5O4. The molecule has 186 valence electrons. The summed E-state index contributed by atoms with van der Waals surface area (Å²) in [6.45, 7) is 3.14. The molecule has 3 rings (SSSR count). The van der Waals surface area contributed by atoms with Crippen LogP contribution in [0.5, 0.6) is 5.75 Å². The van der Waals surface area contributed by atoms with Crippen molar-refractivity contribution < 1.29 is 40.9 Å². The number of benzene rings is 1. The van der Waals surface area contributed by atoms with Gasteiger partial charge in [-0.3, -0.25) is 0 Å². The van der Waals surface area contributed by atoms with Crippen LogP contribution in [-0.4, -0.2) is 38.4 Å². The van der Waals surface area contributed by atoms with Crippen LogP contribution in [-0.2, 0) is 20.3 Å². The molecule has 0 bridgehead atoms. The number of hydrogen-bond donors (Lipinski definition) is 0. The van der Waals surface area contributed by atoms with Crippen molar-refractivity contribution in [3.05, 3.63) is 41.5 Å². The van der Waals surface area contributed by atoms with E-state index in [0.29, 0.717) is 19.3 Å². The minimum atomic E-state index is -4.08. The summed E-state index contributed by atoms with van der Waals surface area (Å²) in [5, 5.41) is 0. The van der Waals surface area contributed by atoms with Gasteiger partial charge in [-0.25, -0.2) is 8.78 Å². The highest BCUT2D eigenvalue weighted by Gasteiger charge is 2.43. The highest BCUT2D eigenvalue weighted by molar-refractivity contribution is 5.32. The smallest absolute Gasteiger partial charge is 0.386 e. The number of rotatable bonds is 9. The molecule has 9 heteroatoms. The van der Waals surface area contributed by atoms with Crippen LogP contribution < -0.4 is 4.74 Å². The molecule has 0 aromatic heterocycles. The van der Waals surface area contributed by atoms with Gasteiger partial charge < -0.3 is 18.9 Å². The highest BCUT2D eigenvalue weighted by atomic mass is 19.3. The van der Waals surface area contributed by atoms with Crippen molar-refractivity contribution in [2.24, 2.45) is 11.8 Å². The maximum atomic E-state index is 14.5. The monoisotopic (exact) mass is 478 g/mol. The SMILES string of the molecule is CC=CCC(F)C1CCC(C2OCC(OC(F)(F)c3ccc(OCC)c(F)c3F)CO2)CC1. The normalized spacial score (nSPS) is 27.6. The fourth-order valence-electron chi connectivity index (χ4n) is 4.37. The molecule has 2 aliphatic rings. The molecule has 1 aliphatic carbocycles. The van der Waals surface area contributed by atoms with Crippen LogP contribution in [0.4, 0.5) is 22.0 Å². The summed E-state index contributed by atoms with van der Waals surface area (Å²) in [6.07, 6.45) is 0.274. The summed E-state index contributed by atoms with van der Waals surface area (Å²) < 4.78 is 92.3. The maximum Gasteiger partial charge on any atom is 0.386 e. The average molecular weight is 478 g/mol. The topological polar surface area (TPSA) is 36.9 Å². The van der Waals surface area contributed by atoms with Gasteiger partial charge in [0.25, 0.3) is 0 Å². The molecule has 1 atom stereocenters. The lowest BCUT2D eigenvalue weighted by molar-refractivity contribution is -0.326. The first-order chi connectivity index (χ1) is 15.8. The van der Waals surface area contributed by atoms with Crippen molar-refractivity contribution in [1.29, 1.82) is 0 Å². The van der Waals surface area contributed by atoms with Crippen LogP contribution in [0.3, 0.4) is 0 Å². The molecule has 0 spiro atoms. The third-order valence-corrected chi connectivity index (χ3v) is 6.18. The van der Waals surface area contributed by atoms with E-state index < -0.39 is 47.6 Å². The third-order valence-electron chi connectivity index (χ3n) is 6.18. The number of alkyl halides is 3. The van der Waals surface area contributed by atoms with Crippen LogP contribution >= 0.6 is 0 Å². The fraction of sp³-hybridized carbons (Fsp3) is 0.667. The van der Waals surface area contributed by atoms with Crippen molar-refractivity contribution in [1.82, 2.24) is 0 Å². The quantitative estimate of drug-likeness (QED) is 0.309. The van der Waals surface area contributed by atoms with Crippen molar-refractivity contribution in [2.45, 2.75) is 70.6 Å². The van der Waals surface area contributed by atoms with Crippen LogP contribution in [0.1, 0.15) is 51.5 Å². The van der Waals surface area contributed by atoms with E-state index in [1.54, 1.807) is 6.92 Å². The van der Waals surface area contributed by atoms with Crippen LogP contribution in [0.25, 0.3) is 0 Å². The van der Waals surface area contributed by atoms with Gasteiger partial charge in [-0.1, -0.05) is 12.2 Å². The molecule has 1 heterocycles. The Kier molecular flexibility index (Phi) is 9.12. The zero-order valence-electron chi connectivity index (χ0n) is 18.9. The van der Waals surface area contributed by atoms with Gasteiger partial charge in [0.1, 0.15) is 12.3 Å². The molecular weight excluding hydrogens is 447 g/mol. The Morgan fingerprint density at radius 1 is 1.09 bits per heavy atom. The molecule has 0 N–H and O–H groups in total. The van der Waals surface area contributed by atoms with E-state index >= 15 is 0 Å². The number of hydrogen-bond acceptors (Lipinski definition) is 4. The lowest BCUT2D eigenvalue weighted by Gasteiger charge is -2.38. The molecule has 1 unspecified atom stereocenters. The van der Waals surface area contributed by atoms with Crippen LogP contribution in [0.15, 0.2) is 24.3 Å². The predicted octanol–water partition coefficient (Wildman–Crippen LogP) is 6.28. The van der Waals surface area contributed by atoms with E-state index in [1.807, 2.05) is 19.1 Å². The molecule has 1 aliphatic heterocycles. The van der Waals surface area contributed by atoms with E-state index in [4.69, 9.17) is 18.9 Å². The van der Waals surface area contributed by atoms with E-state index in [0.717, 1.165) is 25.0 Å². The van der Waals surface area contributed by atoms with Gasteiger partial charge in [-0.15, -0.1) is 0 Å². The van der Waals surface area contributed by atoms with Crippen molar-refractivity contribution in [3.8, 4) is 5.75 Å². The molecule has 1 saturated carbocycles. The van der Waals surface area contributed by atoms with Gasteiger partial charge in [0.2, 0.25) is 5.82 Å². The largest absolute Gasteiger partial charge is 0.491 e. The highest BCUT2D eigenvalue weighted by Crippen LogP contribution is 2.39. The Morgan fingerprint density at radius 2 is 1.76 bits per heavy atom. The Hall–Kier alpha value is -1.71. The minimum absolute atomic E-state index is 0.000204. The summed E-state index contributed by atoms with van der Waals surface area (Å²) in [6, 6.07) is 1.68. The minimum Gasteiger partial charge on any atom is -0.491 e. The third kappa shape index (κ3) is 6.45. The molecule has 4 nitrogen and oxygen atoms in total. The van der Waals surface area contributed by atoms with Gasteiger partial charge in [0, 0.05) is 5.92 Å². The molecule has 1 aromatic carbocycles. The molecule has 2 fully saturated rings. The Bertz CT molecular complexity index is 787. The van der Waals surface area contributed by atoms with E-state index in [-0.39, 0.29) is 31.7 Å².